The number of carbonyl (C=O) groups is 1. The van der Waals surface area contributed by atoms with Gasteiger partial charge in [0.25, 0.3) is 0 Å². The van der Waals surface area contributed by atoms with Crippen LogP contribution in [0.4, 0.5) is 5.13 Å². The smallest absolute Gasteiger partial charge is 0.243 e. The summed E-state index contributed by atoms with van der Waals surface area (Å²) >= 11 is 1.31. The fourth-order valence-corrected chi connectivity index (χ4v) is 2.76. The average molecular weight is 315 g/mol. The Morgan fingerprint density at radius 1 is 1.45 bits per heavy atom. The summed E-state index contributed by atoms with van der Waals surface area (Å²) in [5.74, 6) is 0.621. The first-order valence-electron chi connectivity index (χ1n) is 6.24. The van der Waals surface area contributed by atoms with E-state index in [0.717, 1.165) is 25.8 Å². The van der Waals surface area contributed by atoms with Gasteiger partial charge in [-0.15, -0.1) is 22.6 Å². The molecule has 6 nitrogen and oxygen atoms in total. The maximum Gasteiger partial charge on any atom is 0.243 e. The van der Waals surface area contributed by atoms with Gasteiger partial charge in [-0.1, -0.05) is 17.8 Å². The summed E-state index contributed by atoms with van der Waals surface area (Å²) in [6, 6.07) is 3.49. The topological polar surface area (TPSA) is 80.1 Å². The molecule has 0 bridgehead atoms. The molecular formula is C12H15ClN4O2S. The van der Waals surface area contributed by atoms with Gasteiger partial charge in [-0.05, 0) is 31.5 Å². The number of nitrogens with one attached hydrogen (secondary N) is 2. The Kier molecular flexibility index (Phi) is 5.11. The number of aromatic nitrogens is 2. The minimum atomic E-state index is -0.121. The third-order valence-electron chi connectivity index (χ3n) is 3.01. The molecule has 20 heavy (non-hydrogen) atoms. The lowest BCUT2D eigenvalue weighted by atomic mass is 10.0. The third-order valence-corrected chi connectivity index (χ3v) is 3.87. The number of hydrogen-bond donors (Lipinski definition) is 2. The monoisotopic (exact) mass is 314 g/mol. The van der Waals surface area contributed by atoms with E-state index in [1.165, 1.54) is 11.3 Å². The van der Waals surface area contributed by atoms with Crippen LogP contribution in [0, 0.1) is 0 Å². The molecule has 1 aliphatic heterocycles. The van der Waals surface area contributed by atoms with Crippen molar-refractivity contribution < 1.29 is 9.21 Å². The van der Waals surface area contributed by atoms with E-state index in [1.54, 1.807) is 12.3 Å². The zero-order valence-electron chi connectivity index (χ0n) is 10.7. The first-order valence-corrected chi connectivity index (χ1v) is 7.06. The van der Waals surface area contributed by atoms with Crippen LogP contribution in [0.3, 0.4) is 0 Å². The van der Waals surface area contributed by atoms with Crippen LogP contribution in [-0.2, 0) is 4.79 Å². The van der Waals surface area contributed by atoms with Crippen molar-refractivity contribution in [1.29, 1.82) is 0 Å². The highest BCUT2D eigenvalue weighted by atomic mass is 35.5. The van der Waals surface area contributed by atoms with Crippen molar-refractivity contribution in [2.24, 2.45) is 0 Å². The van der Waals surface area contributed by atoms with Gasteiger partial charge in [-0.2, -0.15) is 0 Å². The molecule has 1 unspecified atom stereocenters. The molecule has 0 saturated carbocycles. The number of nitrogens with zero attached hydrogens (tertiary/aromatic N) is 2. The van der Waals surface area contributed by atoms with Crippen molar-refractivity contribution in [1.82, 2.24) is 15.5 Å². The van der Waals surface area contributed by atoms with E-state index in [1.807, 2.05) is 6.07 Å². The third kappa shape index (κ3) is 3.36. The molecular weight excluding hydrogens is 300 g/mol. The predicted molar refractivity (Wildman–Crippen MR) is 79.1 cm³/mol. The van der Waals surface area contributed by atoms with Gasteiger partial charge in [-0.25, -0.2) is 0 Å². The standard InChI is InChI=1S/C12H14N4O2S.ClH/c17-10(8-4-1-2-6-13-8)14-12-16-15-11(19-12)9-5-3-7-18-9;/h3,5,7-8,13H,1-2,4,6H2,(H,14,16,17);1H. The van der Waals surface area contributed by atoms with E-state index in [2.05, 4.69) is 20.8 Å². The molecule has 3 rings (SSSR count). The van der Waals surface area contributed by atoms with Gasteiger partial charge in [0.15, 0.2) is 10.8 Å². The Morgan fingerprint density at radius 3 is 3.05 bits per heavy atom. The predicted octanol–water partition coefficient (Wildman–Crippen LogP) is 2.30. The minimum Gasteiger partial charge on any atom is -0.462 e. The Bertz CT molecular complexity index is 552. The molecule has 1 aliphatic rings. The molecule has 8 heteroatoms. The second-order valence-corrected chi connectivity index (χ2v) is 5.36. The molecule has 0 aromatic carbocycles. The summed E-state index contributed by atoms with van der Waals surface area (Å²) in [7, 11) is 0. The second-order valence-electron chi connectivity index (χ2n) is 4.38. The van der Waals surface area contributed by atoms with Crippen LogP contribution in [0.25, 0.3) is 10.8 Å². The van der Waals surface area contributed by atoms with Crippen LogP contribution in [-0.4, -0.2) is 28.7 Å². The van der Waals surface area contributed by atoms with E-state index in [4.69, 9.17) is 4.42 Å². The maximum atomic E-state index is 12.0. The molecule has 0 radical (unpaired) electrons. The van der Waals surface area contributed by atoms with Crippen LogP contribution in [0.2, 0.25) is 0 Å². The van der Waals surface area contributed by atoms with Gasteiger partial charge in [0.1, 0.15) is 0 Å². The SMILES string of the molecule is Cl.O=C(Nc1nnc(-c2ccco2)s1)C1CCCCN1. The summed E-state index contributed by atoms with van der Waals surface area (Å²) in [4.78, 5) is 12.0. The molecule has 1 saturated heterocycles. The van der Waals surface area contributed by atoms with Crippen LogP contribution >= 0.6 is 23.7 Å². The molecule has 108 valence electrons. The molecule has 2 aromatic heterocycles. The lowest BCUT2D eigenvalue weighted by Gasteiger charge is -2.21. The van der Waals surface area contributed by atoms with Crippen molar-refractivity contribution in [2.75, 3.05) is 11.9 Å². The van der Waals surface area contributed by atoms with Gasteiger partial charge in [0.2, 0.25) is 11.0 Å². The van der Waals surface area contributed by atoms with Crippen molar-refractivity contribution in [3.05, 3.63) is 18.4 Å². The fourth-order valence-electron chi connectivity index (χ4n) is 2.04. The number of amides is 1. The molecule has 0 spiro atoms. The number of rotatable bonds is 3. The van der Waals surface area contributed by atoms with Gasteiger partial charge in [0.05, 0.1) is 12.3 Å². The number of hydrogen-bond acceptors (Lipinski definition) is 6. The Hall–Kier alpha value is -1.44. The van der Waals surface area contributed by atoms with E-state index in [9.17, 15) is 4.79 Å². The van der Waals surface area contributed by atoms with Crippen LogP contribution in [0.1, 0.15) is 19.3 Å². The number of furan rings is 1. The largest absolute Gasteiger partial charge is 0.462 e. The highest BCUT2D eigenvalue weighted by Gasteiger charge is 2.21. The molecule has 1 fully saturated rings. The van der Waals surface area contributed by atoms with E-state index >= 15 is 0 Å². The molecule has 1 atom stereocenters. The fraction of sp³-hybridized carbons (Fsp3) is 0.417. The number of piperidine rings is 1. The Labute approximate surface area is 126 Å². The molecule has 2 N–H and O–H groups in total. The lowest BCUT2D eigenvalue weighted by Crippen LogP contribution is -2.43. The normalized spacial score (nSPS) is 18.3. The lowest BCUT2D eigenvalue weighted by molar-refractivity contribution is -0.118. The summed E-state index contributed by atoms with van der Waals surface area (Å²) < 4.78 is 5.24. The van der Waals surface area contributed by atoms with Crippen molar-refractivity contribution in [2.45, 2.75) is 25.3 Å². The Balaban J connectivity index is 0.00000147. The highest BCUT2D eigenvalue weighted by molar-refractivity contribution is 7.18. The maximum absolute atomic E-state index is 12.0. The van der Waals surface area contributed by atoms with Crippen LogP contribution in [0.15, 0.2) is 22.8 Å². The molecule has 0 aliphatic carbocycles. The van der Waals surface area contributed by atoms with Crippen LogP contribution in [0.5, 0.6) is 0 Å². The Morgan fingerprint density at radius 2 is 2.35 bits per heavy atom. The van der Waals surface area contributed by atoms with Crippen molar-refractivity contribution in [3.8, 4) is 10.8 Å². The number of anilines is 1. The molecule has 3 heterocycles. The first-order chi connectivity index (χ1) is 9.33. The van der Waals surface area contributed by atoms with Gasteiger partial charge < -0.3 is 9.73 Å². The summed E-state index contributed by atoms with van der Waals surface area (Å²) in [6.07, 6.45) is 4.67. The number of halogens is 1. The zero-order chi connectivity index (χ0) is 13.1. The summed E-state index contributed by atoms with van der Waals surface area (Å²) in [5, 5.41) is 15.1. The summed E-state index contributed by atoms with van der Waals surface area (Å²) in [5.41, 5.74) is 0. The summed E-state index contributed by atoms with van der Waals surface area (Å²) in [6.45, 7) is 0.895. The zero-order valence-corrected chi connectivity index (χ0v) is 12.3. The van der Waals surface area contributed by atoms with Crippen LogP contribution < -0.4 is 10.6 Å². The second kappa shape index (κ2) is 6.83. The van der Waals surface area contributed by atoms with Crippen molar-refractivity contribution >= 4 is 34.8 Å². The van der Waals surface area contributed by atoms with E-state index in [0.29, 0.717) is 15.9 Å². The van der Waals surface area contributed by atoms with Crippen molar-refractivity contribution in [3.63, 3.8) is 0 Å². The highest BCUT2D eigenvalue weighted by Crippen LogP contribution is 2.26. The molecule has 1 amide bonds. The molecule has 2 aromatic rings. The van der Waals surface area contributed by atoms with E-state index < -0.39 is 0 Å². The number of carbonyl (C=O) groups excluding carboxylic acids is 1. The average Bonchev–Trinajstić information content (AvgIpc) is 3.10. The van der Waals surface area contributed by atoms with E-state index in [-0.39, 0.29) is 24.4 Å². The first kappa shape index (κ1) is 15.0. The van der Waals surface area contributed by atoms with Gasteiger partial charge in [0, 0.05) is 0 Å². The minimum absolute atomic E-state index is 0. The van der Waals surface area contributed by atoms with Gasteiger partial charge in [-0.3, -0.25) is 10.1 Å². The van der Waals surface area contributed by atoms with Gasteiger partial charge >= 0.3 is 0 Å². The quantitative estimate of drug-likeness (QED) is 0.908.